The van der Waals surface area contributed by atoms with Crippen molar-refractivity contribution in [3.63, 3.8) is 0 Å². The zero-order valence-electron chi connectivity index (χ0n) is 18.5. The lowest BCUT2D eigenvalue weighted by molar-refractivity contribution is 0.0739. The number of ether oxygens (including phenoxy) is 1. The SMILES string of the molecule is CCC1COC(=O)N1c1ccc(C(=O)N2CCN(c3ncc(C4CC4)cc3C)CC2)nn1. The van der Waals surface area contributed by atoms with E-state index in [9.17, 15) is 9.59 Å². The fourth-order valence-electron chi connectivity index (χ4n) is 4.45. The van der Waals surface area contributed by atoms with Gasteiger partial charge in [-0.05, 0) is 55.4 Å². The summed E-state index contributed by atoms with van der Waals surface area (Å²) in [5, 5.41) is 8.24. The number of anilines is 2. The van der Waals surface area contributed by atoms with Crippen LogP contribution in [0.3, 0.4) is 0 Å². The van der Waals surface area contributed by atoms with Crippen LogP contribution < -0.4 is 9.80 Å². The van der Waals surface area contributed by atoms with Crippen LogP contribution in [0.25, 0.3) is 0 Å². The van der Waals surface area contributed by atoms with Crippen molar-refractivity contribution in [2.75, 3.05) is 42.6 Å². The number of carbonyl (C=O) groups is 2. The monoisotopic (exact) mass is 436 g/mol. The first-order valence-corrected chi connectivity index (χ1v) is 11.4. The van der Waals surface area contributed by atoms with E-state index in [1.54, 1.807) is 17.0 Å². The van der Waals surface area contributed by atoms with Crippen molar-refractivity contribution in [1.29, 1.82) is 0 Å². The highest BCUT2D eigenvalue weighted by atomic mass is 16.6. The molecule has 1 unspecified atom stereocenters. The van der Waals surface area contributed by atoms with Gasteiger partial charge in [-0.2, -0.15) is 0 Å². The van der Waals surface area contributed by atoms with Crippen LogP contribution in [0.1, 0.15) is 53.7 Å². The fraction of sp³-hybridized carbons (Fsp3) is 0.522. The second-order valence-electron chi connectivity index (χ2n) is 8.75. The van der Waals surface area contributed by atoms with Crippen LogP contribution in [-0.4, -0.2) is 70.9 Å². The van der Waals surface area contributed by atoms with Crippen molar-refractivity contribution in [2.45, 2.75) is 45.1 Å². The maximum absolute atomic E-state index is 12.9. The summed E-state index contributed by atoms with van der Waals surface area (Å²) in [5.74, 6) is 1.97. The average Bonchev–Trinajstić information content (AvgIpc) is 3.61. The van der Waals surface area contributed by atoms with Crippen LogP contribution in [-0.2, 0) is 4.74 Å². The Morgan fingerprint density at radius 3 is 2.56 bits per heavy atom. The molecule has 2 aromatic rings. The van der Waals surface area contributed by atoms with Gasteiger partial charge in [-0.25, -0.2) is 9.78 Å². The first-order chi connectivity index (χ1) is 15.5. The van der Waals surface area contributed by atoms with Crippen LogP contribution in [0, 0.1) is 6.92 Å². The van der Waals surface area contributed by atoms with Crippen molar-refractivity contribution < 1.29 is 14.3 Å². The lowest BCUT2D eigenvalue weighted by Crippen LogP contribution is -2.49. The molecule has 2 saturated heterocycles. The number of aryl methyl sites for hydroxylation is 1. The lowest BCUT2D eigenvalue weighted by atomic mass is 10.1. The molecule has 168 valence electrons. The third-order valence-electron chi connectivity index (χ3n) is 6.54. The molecule has 2 aromatic heterocycles. The molecule has 1 aliphatic carbocycles. The summed E-state index contributed by atoms with van der Waals surface area (Å²) in [5.41, 5.74) is 2.82. The number of piperazine rings is 1. The topological polar surface area (TPSA) is 91.8 Å². The number of pyridine rings is 1. The summed E-state index contributed by atoms with van der Waals surface area (Å²) in [6, 6.07) is 5.51. The second kappa shape index (κ2) is 8.37. The van der Waals surface area contributed by atoms with E-state index in [0.717, 1.165) is 25.3 Å². The number of hydrogen-bond donors (Lipinski definition) is 0. The van der Waals surface area contributed by atoms with Gasteiger partial charge >= 0.3 is 6.09 Å². The maximum atomic E-state index is 12.9. The summed E-state index contributed by atoms with van der Waals surface area (Å²) in [4.78, 5) is 35.2. The van der Waals surface area contributed by atoms with E-state index in [4.69, 9.17) is 9.72 Å². The summed E-state index contributed by atoms with van der Waals surface area (Å²) >= 11 is 0. The van der Waals surface area contributed by atoms with E-state index < -0.39 is 6.09 Å². The molecular formula is C23H28N6O3. The molecule has 32 heavy (non-hydrogen) atoms. The van der Waals surface area contributed by atoms with Gasteiger partial charge in [0.1, 0.15) is 12.4 Å². The third kappa shape index (κ3) is 3.87. The smallest absolute Gasteiger partial charge is 0.415 e. The Kier molecular flexibility index (Phi) is 5.40. The molecule has 0 radical (unpaired) electrons. The van der Waals surface area contributed by atoms with Gasteiger partial charge in [-0.15, -0.1) is 10.2 Å². The van der Waals surface area contributed by atoms with E-state index >= 15 is 0 Å². The Hall–Kier alpha value is -3.23. The van der Waals surface area contributed by atoms with Crippen molar-refractivity contribution >= 4 is 23.6 Å². The van der Waals surface area contributed by atoms with Crippen LogP contribution in [0.2, 0.25) is 0 Å². The van der Waals surface area contributed by atoms with E-state index in [1.807, 2.05) is 13.1 Å². The summed E-state index contributed by atoms with van der Waals surface area (Å²) in [6.45, 7) is 7.11. The Morgan fingerprint density at radius 2 is 1.94 bits per heavy atom. The predicted octanol–water partition coefficient (Wildman–Crippen LogP) is 2.76. The van der Waals surface area contributed by atoms with Crippen LogP contribution in [0.5, 0.6) is 0 Å². The minimum absolute atomic E-state index is 0.0539. The maximum Gasteiger partial charge on any atom is 0.415 e. The van der Waals surface area contributed by atoms with Crippen molar-refractivity contribution in [3.05, 3.63) is 41.2 Å². The fourth-order valence-corrected chi connectivity index (χ4v) is 4.45. The first-order valence-electron chi connectivity index (χ1n) is 11.4. The van der Waals surface area contributed by atoms with E-state index in [1.165, 1.54) is 28.9 Å². The van der Waals surface area contributed by atoms with Gasteiger partial charge < -0.3 is 14.5 Å². The van der Waals surface area contributed by atoms with Crippen molar-refractivity contribution in [1.82, 2.24) is 20.1 Å². The van der Waals surface area contributed by atoms with Gasteiger partial charge in [-0.1, -0.05) is 13.0 Å². The molecule has 4 heterocycles. The lowest BCUT2D eigenvalue weighted by Gasteiger charge is -2.36. The normalized spacial score (nSPS) is 21.1. The predicted molar refractivity (Wildman–Crippen MR) is 119 cm³/mol. The van der Waals surface area contributed by atoms with Gasteiger partial charge in [0.2, 0.25) is 0 Å². The molecular weight excluding hydrogens is 408 g/mol. The minimum atomic E-state index is -0.421. The Labute approximate surface area is 187 Å². The molecule has 2 amide bonds. The molecule has 0 spiro atoms. The van der Waals surface area contributed by atoms with Crippen LogP contribution in [0.4, 0.5) is 16.4 Å². The third-order valence-corrected chi connectivity index (χ3v) is 6.54. The van der Waals surface area contributed by atoms with Crippen molar-refractivity contribution in [3.8, 4) is 0 Å². The minimum Gasteiger partial charge on any atom is -0.447 e. The number of hydrogen-bond acceptors (Lipinski definition) is 7. The average molecular weight is 437 g/mol. The highest BCUT2D eigenvalue weighted by Crippen LogP contribution is 2.40. The molecule has 5 rings (SSSR count). The van der Waals surface area contributed by atoms with Crippen LogP contribution in [0.15, 0.2) is 24.4 Å². The highest BCUT2D eigenvalue weighted by Gasteiger charge is 2.34. The Morgan fingerprint density at radius 1 is 1.16 bits per heavy atom. The quantitative estimate of drug-likeness (QED) is 0.712. The van der Waals surface area contributed by atoms with Gasteiger partial charge in [0.05, 0.1) is 6.04 Å². The van der Waals surface area contributed by atoms with E-state index in [0.29, 0.717) is 31.4 Å². The standard InChI is InChI=1S/C23H28N6O3/c1-3-18-14-32-23(31)29(18)20-7-6-19(25-26-20)22(30)28-10-8-27(9-11-28)21-15(2)12-17(13-24-21)16-4-5-16/h6-7,12-13,16,18H,3-5,8-11,14H2,1-2H3. The molecule has 3 fully saturated rings. The Balaban J connectivity index is 1.21. The van der Waals surface area contributed by atoms with Gasteiger partial charge in [0.15, 0.2) is 11.5 Å². The molecule has 9 nitrogen and oxygen atoms in total. The molecule has 0 N–H and O–H groups in total. The number of rotatable bonds is 5. The first kappa shape index (κ1) is 20.7. The van der Waals surface area contributed by atoms with Gasteiger partial charge in [-0.3, -0.25) is 9.69 Å². The number of cyclic esters (lactones) is 1. The van der Waals surface area contributed by atoms with E-state index in [-0.39, 0.29) is 17.6 Å². The summed E-state index contributed by atoms with van der Waals surface area (Å²) < 4.78 is 5.11. The molecule has 1 atom stereocenters. The number of nitrogens with zero attached hydrogens (tertiary/aromatic N) is 6. The molecule has 9 heteroatoms. The largest absolute Gasteiger partial charge is 0.447 e. The molecule has 0 bridgehead atoms. The zero-order chi connectivity index (χ0) is 22.2. The van der Waals surface area contributed by atoms with Crippen molar-refractivity contribution in [2.24, 2.45) is 0 Å². The van der Waals surface area contributed by atoms with E-state index in [2.05, 4.69) is 28.1 Å². The zero-order valence-corrected chi connectivity index (χ0v) is 18.5. The molecule has 3 aliphatic rings. The Bertz CT molecular complexity index is 1010. The highest BCUT2D eigenvalue weighted by molar-refractivity contribution is 5.93. The van der Waals surface area contributed by atoms with Gasteiger partial charge in [0.25, 0.3) is 5.91 Å². The van der Waals surface area contributed by atoms with Crippen LogP contribution >= 0.6 is 0 Å². The second-order valence-corrected chi connectivity index (χ2v) is 8.75. The summed E-state index contributed by atoms with van der Waals surface area (Å²) in [6.07, 6.45) is 4.89. The summed E-state index contributed by atoms with van der Waals surface area (Å²) in [7, 11) is 0. The number of aromatic nitrogens is 3. The number of amides is 2. The molecule has 2 aliphatic heterocycles. The number of carbonyl (C=O) groups excluding carboxylic acids is 2. The van der Waals surface area contributed by atoms with Gasteiger partial charge in [0, 0.05) is 32.4 Å². The molecule has 0 aromatic carbocycles. The molecule has 1 saturated carbocycles.